The minimum absolute atomic E-state index is 0.118. The number of nitrogens with zero attached hydrogens (tertiary/aromatic N) is 4. The second-order valence-corrected chi connectivity index (χ2v) is 10.1. The van der Waals surface area contributed by atoms with Crippen molar-refractivity contribution in [3.63, 3.8) is 0 Å². The zero-order valence-corrected chi connectivity index (χ0v) is 23.0. The Kier molecular flexibility index (Phi) is 7.78. The summed E-state index contributed by atoms with van der Waals surface area (Å²) < 4.78 is 9.71. The molecule has 0 fully saturated rings. The third kappa shape index (κ3) is 5.68. The number of non-ortho nitro benzene ring substituents is 1. The van der Waals surface area contributed by atoms with Crippen molar-refractivity contribution in [2.24, 2.45) is 5.10 Å². The Morgan fingerprint density at radius 2 is 1.83 bits per heavy atom. The molecule has 8 nitrogen and oxygen atoms in total. The topological polar surface area (TPSA) is 99.6 Å². The van der Waals surface area contributed by atoms with Crippen molar-refractivity contribution < 1.29 is 9.66 Å². The van der Waals surface area contributed by atoms with Crippen molar-refractivity contribution in [2.75, 3.05) is 0 Å². The molecule has 178 valence electrons. The van der Waals surface area contributed by atoms with Crippen molar-refractivity contribution in [1.29, 1.82) is 0 Å². The van der Waals surface area contributed by atoms with E-state index < -0.39 is 4.92 Å². The number of nitro groups is 1. The summed E-state index contributed by atoms with van der Waals surface area (Å²) in [5.41, 5.74) is 1.36. The average Bonchev–Trinajstić information content (AvgIpc) is 2.83. The first-order valence-corrected chi connectivity index (χ1v) is 12.8. The summed E-state index contributed by atoms with van der Waals surface area (Å²) >= 11 is 10.3. The molecule has 0 aliphatic rings. The van der Waals surface area contributed by atoms with Crippen LogP contribution >= 0.6 is 47.8 Å². The molecule has 35 heavy (non-hydrogen) atoms. The first-order chi connectivity index (χ1) is 16.8. The zero-order chi connectivity index (χ0) is 25.1. The van der Waals surface area contributed by atoms with Crippen molar-refractivity contribution in [3.8, 4) is 5.75 Å². The molecular formula is C24H17Br3N4O4. The van der Waals surface area contributed by atoms with Gasteiger partial charge in [0.05, 0.1) is 22.0 Å². The van der Waals surface area contributed by atoms with Gasteiger partial charge in [0.15, 0.2) is 0 Å². The summed E-state index contributed by atoms with van der Waals surface area (Å²) in [5.74, 6) is 0.851. The number of benzene rings is 3. The van der Waals surface area contributed by atoms with E-state index in [0.717, 1.165) is 19.0 Å². The lowest BCUT2D eigenvalue weighted by molar-refractivity contribution is -0.384. The predicted octanol–water partition coefficient (Wildman–Crippen LogP) is 6.62. The van der Waals surface area contributed by atoms with Crippen LogP contribution in [-0.2, 0) is 13.0 Å². The highest BCUT2D eigenvalue weighted by Gasteiger charge is 2.14. The van der Waals surface area contributed by atoms with Crippen molar-refractivity contribution in [3.05, 3.63) is 105 Å². The minimum Gasteiger partial charge on any atom is -0.488 e. The molecule has 3 aromatic carbocycles. The van der Waals surface area contributed by atoms with Gasteiger partial charge in [0.25, 0.3) is 11.2 Å². The van der Waals surface area contributed by atoms with Gasteiger partial charge in [-0.2, -0.15) is 9.78 Å². The van der Waals surface area contributed by atoms with Gasteiger partial charge in [-0.25, -0.2) is 4.98 Å². The smallest absolute Gasteiger partial charge is 0.282 e. The van der Waals surface area contributed by atoms with E-state index in [0.29, 0.717) is 34.5 Å². The van der Waals surface area contributed by atoms with Crippen LogP contribution in [0.3, 0.4) is 0 Å². The lowest BCUT2D eigenvalue weighted by Crippen LogP contribution is -2.22. The lowest BCUT2D eigenvalue weighted by Gasteiger charge is -2.11. The maximum atomic E-state index is 13.2. The predicted molar refractivity (Wildman–Crippen MR) is 145 cm³/mol. The second kappa shape index (κ2) is 10.8. The molecule has 4 aromatic rings. The van der Waals surface area contributed by atoms with Crippen molar-refractivity contribution in [2.45, 2.75) is 20.0 Å². The number of ether oxygens (including phenoxy) is 1. The molecule has 0 atom stereocenters. The second-order valence-electron chi connectivity index (χ2n) is 7.41. The Labute approximate surface area is 225 Å². The van der Waals surface area contributed by atoms with E-state index in [1.54, 1.807) is 12.1 Å². The van der Waals surface area contributed by atoms with Crippen LogP contribution in [0, 0.1) is 10.1 Å². The molecule has 0 radical (unpaired) electrons. The molecule has 0 spiro atoms. The largest absolute Gasteiger partial charge is 0.488 e. The van der Waals surface area contributed by atoms with E-state index in [2.05, 4.69) is 57.9 Å². The number of hydrogen-bond donors (Lipinski definition) is 0. The van der Waals surface area contributed by atoms with Crippen LogP contribution in [0.4, 0.5) is 5.69 Å². The van der Waals surface area contributed by atoms with Gasteiger partial charge in [0.2, 0.25) is 0 Å². The van der Waals surface area contributed by atoms with Crippen molar-refractivity contribution >= 4 is 70.6 Å². The Morgan fingerprint density at radius 3 is 2.54 bits per heavy atom. The number of halogens is 3. The van der Waals surface area contributed by atoms with E-state index in [-0.39, 0.29) is 17.9 Å². The molecule has 0 unspecified atom stereocenters. The maximum absolute atomic E-state index is 13.2. The van der Waals surface area contributed by atoms with Crippen LogP contribution in [-0.4, -0.2) is 20.8 Å². The van der Waals surface area contributed by atoms with Gasteiger partial charge in [0, 0.05) is 43.1 Å². The highest BCUT2D eigenvalue weighted by molar-refractivity contribution is 9.11. The van der Waals surface area contributed by atoms with E-state index in [1.807, 2.05) is 31.2 Å². The molecule has 4 rings (SSSR count). The van der Waals surface area contributed by atoms with E-state index >= 15 is 0 Å². The number of nitro benzene ring substituents is 1. The van der Waals surface area contributed by atoms with Gasteiger partial charge in [0.1, 0.15) is 18.2 Å². The molecule has 0 saturated heterocycles. The van der Waals surface area contributed by atoms with E-state index in [9.17, 15) is 14.9 Å². The number of aromatic nitrogens is 2. The summed E-state index contributed by atoms with van der Waals surface area (Å²) in [6.07, 6.45) is 1.85. The third-order valence-electron chi connectivity index (χ3n) is 5.11. The fraction of sp³-hybridized carbons (Fsp3) is 0.125. The first-order valence-electron chi connectivity index (χ1n) is 10.4. The van der Waals surface area contributed by atoms with Crippen LogP contribution in [0.25, 0.3) is 10.9 Å². The van der Waals surface area contributed by atoms with E-state index in [1.165, 1.54) is 29.1 Å². The standard InChI is InChI=1S/C24H17Br3N4O4/c1-2-23-29-21-7-5-16(25)10-19(21)24(32)30(23)28-12-15-9-18(31(33)34)6-8-22(15)35-13-14-3-4-17(26)11-20(14)27/h3-12H,2,13H2,1H3. The summed E-state index contributed by atoms with van der Waals surface area (Å²) in [6.45, 7) is 2.09. The number of hydrogen-bond acceptors (Lipinski definition) is 6. The zero-order valence-electron chi connectivity index (χ0n) is 18.2. The van der Waals surface area contributed by atoms with Crippen LogP contribution in [0.15, 0.2) is 77.9 Å². The number of rotatable bonds is 7. The monoisotopic (exact) mass is 662 g/mol. The minimum atomic E-state index is -0.495. The van der Waals surface area contributed by atoms with Gasteiger partial charge in [-0.3, -0.25) is 14.9 Å². The summed E-state index contributed by atoms with van der Waals surface area (Å²) in [7, 11) is 0. The van der Waals surface area contributed by atoms with Gasteiger partial charge in [-0.05, 0) is 36.4 Å². The molecule has 0 aliphatic heterocycles. The SMILES string of the molecule is CCc1nc2ccc(Br)cc2c(=O)n1N=Cc1cc([N+](=O)[O-])ccc1OCc1ccc(Br)cc1Br. The average molecular weight is 665 g/mol. The molecule has 1 aromatic heterocycles. The van der Waals surface area contributed by atoms with Crippen LogP contribution < -0.4 is 10.3 Å². The highest BCUT2D eigenvalue weighted by atomic mass is 79.9. The molecule has 0 aliphatic carbocycles. The van der Waals surface area contributed by atoms with Crippen LogP contribution in [0.1, 0.15) is 23.9 Å². The molecule has 1 heterocycles. The molecule has 0 N–H and O–H groups in total. The van der Waals surface area contributed by atoms with Crippen molar-refractivity contribution in [1.82, 2.24) is 9.66 Å². The number of fused-ring (bicyclic) bond motifs is 1. The summed E-state index contributed by atoms with van der Waals surface area (Å²) in [6, 6.07) is 15.2. The summed E-state index contributed by atoms with van der Waals surface area (Å²) in [4.78, 5) is 28.6. The lowest BCUT2D eigenvalue weighted by atomic mass is 10.2. The Hall–Kier alpha value is -2.89. The Bertz CT molecular complexity index is 1540. The van der Waals surface area contributed by atoms with Gasteiger partial charge >= 0.3 is 0 Å². The fourth-order valence-corrected chi connectivity index (χ4v) is 4.86. The quantitative estimate of drug-likeness (QED) is 0.126. The maximum Gasteiger partial charge on any atom is 0.282 e. The molecule has 11 heteroatoms. The van der Waals surface area contributed by atoms with Crippen LogP contribution in [0.5, 0.6) is 5.75 Å². The molecular weight excluding hydrogens is 648 g/mol. The highest BCUT2D eigenvalue weighted by Crippen LogP contribution is 2.27. The molecule has 0 amide bonds. The first kappa shape index (κ1) is 25.2. The normalized spacial score (nSPS) is 11.3. The molecule has 0 saturated carbocycles. The Morgan fingerprint density at radius 1 is 1.09 bits per heavy atom. The van der Waals surface area contributed by atoms with Crippen LogP contribution in [0.2, 0.25) is 0 Å². The number of aryl methyl sites for hydroxylation is 1. The van der Waals surface area contributed by atoms with Gasteiger partial charge in [-0.15, -0.1) is 0 Å². The fourth-order valence-electron chi connectivity index (χ4n) is 3.34. The summed E-state index contributed by atoms with van der Waals surface area (Å²) in [5, 5.41) is 16.1. The molecule has 0 bridgehead atoms. The van der Waals surface area contributed by atoms with Gasteiger partial charge in [-0.1, -0.05) is 60.8 Å². The Balaban J connectivity index is 1.74. The third-order valence-corrected chi connectivity index (χ3v) is 6.83. The van der Waals surface area contributed by atoms with E-state index in [4.69, 9.17) is 4.74 Å². The van der Waals surface area contributed by atoms with Gasteiger partial charge < -0.3 is 4.74 Å².